The Hall–Kier alpha value is -0.760. The fourth-order valence-electron chi connectivity index (χ4n) is 3.25. The predicted molar refractivity (Wildman–Crippen MR) is 74.3 cm³/mol. The Bertz CT molecular complexity index is 389. The number of fused-ring (bicyclic) bond motifs is 1. The number of amides is 1. The minimum atomic E-state index is -1.25. The molecule has 2 fully saturated rings. The summed E-state index contributed by atoms with van der Waals surface area (Å²) in [4.78, 5) is 14.0. The second kappa shape index (κ2) is 6.16. The molecule has 0 aromatic heterocycles. The maximum atomic E-state index is 14.2. The molecule has 2 aliphatic rings. The molecule has 1 amide bonds. The van der Waals surface area contributed by atoms with Crippen molar-refractivity contribution < 1.29 is 23.4 Å². The van der Waals surface area contributed by atoms with E-state index in [0.29, 0.717) is 6.42 Å². The molecule has 2 aliphatic heterocycles. The molecule has 0 spiro atoms. The molecule has 21 heavy (non-hydrogen) atoms. The van der Waals surface area contributed by atoms with Gasteiger partial charge in [-0.25, -0.2) is 4.39 Å². The number of alkyl halides is 1. The monoisotopic (exact) mass is 304 g/mol. The highest BCUT2D eigenvalue weighted by atomic mass is 19.1. The molecule has 4 atom stereocenters. The molecule has 2 saturated heterocycles. The Morgan fingerprint density at radius 1 is 1.48 bits per heavy atom. The summed E-state index contributed by atoms with van der Waals surface area (Å²) in [5.74, 6) is -1.11. The van der Waals surface area contributed by atoms with Gasteiger partial charge in [0.1, 0.15) is 24.9 Å². The van der Waals surface area contributed by atoms with E-state index in [-0.39, 0.29) is 25.0 Å². The van der Waals surface area contributed by atoms with Crippen molar-refractivity contribution in [1.82, 2.24) is 4.90 Å². The molecule has 2 rings (SSSR count). The standard InChI is InChI=1S/C14H25FN2O4/c1-8(2)5-10(16)13(18)17-6-9(15)11-12(17)14(19-3,20-4)7-21-11/h8-12H,5-7,16H2,1-4H3/t9-,10-,11+,12-/m0/s1. The maximum absolute atomic E-state index is 14.2. The van der Waals surface area contributed by atoms with Crippen LogP contribution in [0, 0.1) is 5.92 Å². The third kappa shape index (κ3) is 2.79. The van der Waals surface area contributed by atoms with Gasteiger partial charge in [-0.3, -0.25) is 4.79 Å². The van der Waals surface area contributed by atoms with Gasteiger partial charge in [0.05, 0.1) is 12.6 Å². The molecule has 0 unspecified atom stereocenters. The number of ether oxygens (including phenoxy) is 3. The molecule has 0 aromatic rings. The Balaban J connectivity index is 2.21. The molecule has 0 aromatic carbocycles. The van der Waals surface area contributed by atoms with Gasteiger partial charge in [-0.1, -0.05) is 13.8 Å². The number of rotatable bonds is 5. The van der Waals surface area contributed by atoms with Gasteiger partial charge in [-0.05, 0) is 12.3 Å². The summed E-state index contributed by atoms with van der Waals surface area (Å²) in [6.07, 6.45) is -1.42. The fourth-order valence-corrected chi connectivity index (χ4v) is 3.25. The van der Waals surface area contributed by atoms with E-state index < -0.39 is 30.1 Å². The van der Waals surface area contributed by atoms with Crippen LogP contribution in [0.3, 0.4) is 0 Å². The van der Waals surface area contributed by atoms with Crippen molar-refractivity contribution in [3.63, 3.8) is 0 Å². The first-order valence-electron chi connectivity index (χ1n) is 7.28. The van der Waals surface area contributed by atoms with Crippen LogP contribution >= 0.6 is 0 Å². The summed E-state index contributed by atoms with van der Waals surface area (Å²) < 4.78 is 30.4. The Morgan fingerprint density at radius 2 is 2.10 bits per heavy atom. The lowest BCUT2D eigenvalue weighted by Crippen LogP contribution is -2.57. The van der Waals surface area contributed by atoms with Crippen LogP contribution in [0.25, 0.3) is 0 Å². The smallest absolute Gasteiger partial charge is 0.240 e. The van der Waals surface area contributed by atoms with Crippen molar-refractivity contribution in [2.75, 3.05) is 27.4 Å². The maximum Gasteiger partial charge on any atom is 0.240 e. The van der Waals surface area contributed by atoms with Crippen LogP contribution in [0.1, 0.15) is 20.3 Å². The number of nitrogens with two attached hydrogens (primary N) is 1. The predicted octanol–water partition coefficient (Wildman–Crippen LogP) is 0.297. The number of carbonyl (C=O) groups is 1. The molecule has 0 saturated carbocycles. The van der Waals surface area contributed by atoms with E-state index in [4.69, 9.17) is 19.9 Å². The first-order chi connectivity index (χ1) is 9.86. The second-order valence-corrected chi connectivity index (χ2v) is 6.18. The summed E-state index contributed by atoms with van der Waals surface area (Å²) >= 11 is 0. The number of halogens is 1. The van der Waals surface area contributed by atoms with Crippen LogP contribution < -0.4 is 5.73 Å². The molecule has 0 bridgehead atoms. The van der Waals surface area contributed by atoms with Gasteiger partial charge >= 0.3 is 0 Å². The van der Waals surface area contributed by atoms with Crippen molar-refractivity contribution >= 4 is 5.91 Å². The van der Waals surface area contributed by atoms with Crippen molar-refractivity contribution in [2.24, 2.45) is 11.7 Å². The van der Waals surface area contributed by atoms with E-state index in [9.17, 15) is 9.18 Å². The Labute approximate surface area is 124 Å². The molecule has 0 aliphatic carbocycles. The first-order valence-corrected chi connectivity index (χ1v) is 7.28. The fraction of sp³-hybridized carbons (Fsp3) is 0.929. The first kappa shape index (κ1) is 16.6. The van der Waals surface area contributed by atoms with Crippen LogP contribution in [0.4, 0.5) is 4.39 Å². The van der Waals surface area contributed by atoms with Crippen LogP contribution in [0.15, 0.2) is 0 Å². The highest BCUT2D eigenvalue weighted by Crippen LogP contribution is 2.40. The van der Waals surface area contributed by atoms with Crippen LogP contribution in [-0.2, 0) is 19.0 Å². The van der Waals surface area contributed by atoms with E-state index in [1.54, 1.807) is 0 Å². The van der Waals surface area contributed by atoms with Crippen molar-refractivity contribution in [1.29, 1.82) is 0 Å². The van der Waals surface area contributed by atoms with E-state index >= 15 is 0 Å². The Morgan fingerprint density at radius 3 is 2.62 bits per heavy atom. The topological polar surface area (TPSA) is 74.0 Å². The average molecular weight is 304 g/mol. The number of methoxy groups -OCH3 is 2. The minimum absolute atomic E-state index is 0.0333. The number of nitrogens with zero attached hydrogens (tertiary/aromatic N) is 1. The van der Waals surface area contributed by atoms with E-state index in [1.165, 1.54) is 19.1 Å². The van der Waals surface area contributed by atoms with Gasteiger partial charge in [0.25, 0.3) is 0 Å². The molecule has 2 N–H and O–H groups in total. The summed E-state index contributed by atoms with van der Waals surface area (Å²) in [7, 11) is 2.94. The van der Waals surface area contributed by atoms with Gasteiger partial charge < -0.3 is 24.8 Å². The SMILES string of the molecule is COC1(OC)CO[C@H]2[C@@H]1N(C(=O)[C@@H](N)CC(C)C)C[C@@H]2F. The third-order valence-electron chi connectivity index (χ3n) is 4.32. The number of hydrogen-bond donors (Lipinski definition) is 1. The van der Waals surface area contributed by atoms with E-state index in [1.807, 2.05) is 13.8 Å². The molecule has 0 radical (unpaired) electrons. The van der Waals surface area contributed by atoms with Gasteiger partial charge in [0.2, 0.25) is 11.7 Å². The van der Waals surface area contributed by atoms with Gasteiger partial charge in [0, 0.05) is 14.2 Å². The van der Waals surface area contributed by atoms with Crippen molar-refractivity contribution in [3.8, 4) is 0 Å². The van der Waals surface area contributed by atoms with Crippen LogP contribution in [0.2, 0.25) is 0 Å². The average Bonchev–Trinajstić information content (AvgIpc) is 2.97. The number of carbonyl (C=O) groups excluding carboxylic acids is 1. The lowest BCUT2D eigenvalue weighted by atomic mass is 10.0. The summed E-state index contributed by atoms with van der Waals surface area (Å²) in [6.45, 7) is 4.05. The molecular weight excluding hydrogens is 279 g/mol. The van der Waals surface area contributed by atoms with E-state index in [2.05, 4.69) is 0 Å². The van der Waals surface area contributed by atoms with Gasteiger partial charge in [0.15, 0.2) is 0 Å². The summed E-state index contributed by atoms with van der Waals surface area (Å²) in [5, 5.41) is 0. The lowest BCUT2D eigenvalue weighted by Gasteiger charge is -2.36. The quantitative estimate of drug-likeness (QED) is 0.739. The largest absolute Gasteiger partial charge is 0.367 e. The van der Waals surface area contributed by atoms with Crippen molar-refractivity contribution in [2.45, 2.75) is 50.4 Å². The van der Waals surface area contributed by atoms with Crippen LogP contribution in [0.5, 0.6) is 0 Å². The highest BCUT2D eigenvalue weighted by molar-refractivity contribution is 5.82. The van der Waals surface area contributed by atoms with Crippen molar-refractivity contribution in [3.05, 3.63) is 0 Å². The highest BCUT2D eigenvalue weighted by Gasteiger charge is 2.62. The lowest BCUT2D eigenvalue weighted by molar-refractivity contribution is -0.227. The number of hydrogen-bond acceptors (Lipinski definition) is 5. The molecule has 2 heterocycles. The molecule has 122 valence electrons. The van der Waals surface area contributed by atoms with E-state index in [0.717, 1.165) is 0 Å². The second-order valence-electron chi connectivity index (χ2n) is 6.18. The summed E-state index contributed by atoms with van der Waals surface area (Å²) in [6, 6.07) is -1.25. The molecule has 7 heteroatoms. The molecule has 6 nitrogen and oxygen atoms in total. The normalized spacial score (nSPS) is 32.5. The summed E-state index contributed by atoms with van der Waals surface area (Å²) in [5.41, 5.74) is 5.96. The Kier molecular flexibility index (Phi) is 4.87. The zero-order valence-corrected chi connectivity index (χ0v) is 13.0. The zero-order chi connectivity index (χ0) is 15.8. The minimum Gasteiger partial charge on any atom is -0.367 e. The number of likely N-dealkylation sites (tertiary alicyclic amines) is 1. The van der Waals surface area contributed by atoms with Crippen LogP contribution in [-0.4, -0.2) is 68.3 Å². The zero-order valence-electron chi connectivity index (χ0n) is 13.0. The van der Waals surface area contributed by atoms with Gasteiger partial charge in [-0.2, -0.15) is 0 Å². The third-order valence-corrected chi connectivity index (χ3v) is 4.32. The molecular formula is C14H25FN2O4. The van der Waals surface area contributed by atoms with Gasteiger partial charge in [-0.15, -0.1) is 0 Å².